The zero-order valence-corrected chi connectivity index (χ0v) is 17.9. The van der Waals surface area contributed by atoms with E-state index < -0.39 is 17.9 Å². The monoisotopic (exact) mass is 429 g/mol. The maximum Gasteiger partial charge on any atom is 0.327 e. The lowest BCUT2D eigenvalue weighted by molar-refractivity contribution is -0.150. The first-order valence-corrected chi connectivity index (χ1v) is 11.4. The van der Waals surface area contributed by atoms with Gasteiger partial charge in [-0.25, -0.2) is 4.79 Å². The highest BCUT2D eigenvalue weighted by Crippen LogP contribution is 2.42. The molecule has 0 radical (unpaired) electrons. The maximum atomic E-state index is 13.2. The number of carboxylic acids is 1. The smallest absolute Gasteiger partial charge is 0.327 e. The average molecular weight is 430 g/mol. The van der Waals surface area contributed by atoms with Gasteiger partial charge in [-0.1, -0.05) is 78.8 Å². The van der Waals surface area contributed by atoms with Crippen molar-refractivity contribution in [3.63, 3.8) is 0 Å². The van der Waals surface area contributed by atoms with E-state index in [0.29, 0.717) is 17.1 Å². The molecule has 1 aliphatic rings. The summed E-state index contributed by atoms with van der Waals surface area (Å²) in [5, 5.41) is 9.20. The number of thioether (sulfide) groups is 2. The Kier molecular flexibility index (Phi) is 7.03. The minimum atomic E-state index is -0.999. The molecular weight excluding hydrogens is 406 g/mol. The number of benzene rings is 2. The van der Waals surface area contributed by atoms with Gasteiger partial charge in [-0.3, -0.25) is 9.59 Å². The van der Waals surface area contributed by atoms with Crippen LogP contribution in [0.4, 0.5) is 0 Å². The van der Waals surface area contributed by atoms with Gasteiger partial charge in [0.15, 0.2) is 0 Å². The molecular formula is C22H23NO4S2. The van der Waals surface area contributed by atoms with Crippen molar-refractivity contribution >= 4 is 40.5 Å². The van der Waals surface area contributed by atoms with Crippen molar-refractivity contribution in [2.45, 2.75) is 25.3 Å². The van der Waals surface area contributed by atoms with Crippen LogP contribution in [0.5, 0.6) is 0 Å². The van der Waals surface area contributed by atoms with Crippen molar-refractivity contribution in [3.05, 3.63) is 71.3 Å². The molecule has 0 aliphatic carbocycles. The van der Waals surface area contributed by atoms with Crippen LogP contribution in [0.25, 0.3) is 0 Å². The minimum Gasteiger partial charge on any atom is -0.480 e. The van der Waals surface area contributed by atoms with Gasteiger partial charge >= 0.3 is 5.97 Å². The molecule has 0 bridgehead atoms. The van der Waals surface area contributed by atoms with Gasteiger partial charge in [-0.2, -0.15) is 0 Å². The van der Waals surface area contributed by atoms with Gasteiger partial charge in [0.2, 0.25) is 11.0 Å². The molecule has 1 fully saturated rings. The quantitative estimate of drug-likeness (QED) is 0.741. The number of hydrogen-bond donors (Lipinski definition) is 1. The van der Waals surface area contributed by atoms with Gasteiger partial charge in [0.1, 0.15) is 11.4 Å². The Labute approximate surface area is 178 Å². The molecule has 7 heteroatoms. The van der Waals surface area contributed by atoms with Gasteiger partial charge in [0.05, 0.1) is 0 Å². The third kappa shape index (κ3) is 5.03. The Morgan fingerprint density at radius 3 is 2.41 bits per heavy atom. The highest BCUT2D eigenvalue weighted by atomic mass is 32.2. The number of amides is 1. The van der Waals surface area contributed by atoms with E-state index >= 15 is 0 Å². The first kappa shape index (κ1) is 21.5. The number of aliphatic carboxylic acids is 1. The average Bonchev–Trinajstić information content (AvgIpc) is 3.17. The topological polar surface area (TPSA) is 74.7 Å². The Morgan fingerprint density at radius 2 is 1.79 bits per heavy atom. The predicted molar refractivity (Wildman–Crippen MR) is 117 cm³/mol. The number of rotatable bonds is 6. The Balaban J connectivity index is 1.73. The SMILES string of the molecule is Cc1ccc([C@H]2SC[C@@H](C(=O)O)N2C(=O)[C@H](C)CSC(=O)c2ccccc2)cc1. The van der Waals surface area contributed by atoms with Crippen molar-refractivity contribution in [2.75, 3.05) is 11.5 Å². The van der Waals surface area contributed by atoms with Gasteiger partial charge in [0, 0.05) is 23.0 Å². The van der Waals surface area contributed by atoms with Gasteiger partial charge < -0.3 is 10.0 Å². The highest BCUT2D eigenvalue weighted by molar-refractivity contribution is 8.14. The van der Waals surface area contributed by atoms with Crippen LogP contribution in [0.3, 0.4) is 0 Å². The van der Waals surface area contributed by atoms with Crippen molar-refractivity contribution in [1.29, 1.82) is 0 Å². The largest absolute Gasteiger partial charge is 0.480 e. The Hall–Kier alpha value is -2.25. The fraction of sp³-hybridized carbons (Fsp3) is 0.318. The maximum absolute atomic E-state index is 13.2. The zero-order chi connectivity index (χ0) is 21.0. The molecule has 3 rings (SSSR count). The second kappa shape index (κ2) is 9.50. The number of carboxylic acid groups (broad SMARTS) is 1. The second-order valence-corrected chi connectivity index (χ2v) is 9.17. The van der Waals surface area contributed by atoms with E-state index in [1.54, 1.807) is 31.2 Å². The number of carbonyl (C=O) groups is 3. The zero-order valence-electron chi connectivity index (χ0n) is 16.3. The van der Waals surface area contributed by atoms with Gasteiger partial charge in [-0.15, -0.1) is 11.8 Å². The fourth-order valence-corrected chi connectivity index (χ4v) is 5.41. The van der Waals surface area contributed by atoms with Crippen LogP contribution in [-0.4, -0.2) is 44.5 Å². The lowest BCUT2D eigenvalue weighted by Gasteiger charge is -2.30. The molecule has 5 nitrogen and oxygen atoms in total. The van der Waals surface area contributed by atoms with Crippen LogP contribution in [0.2, 0.25) is 0 Å². The highest BCUT2D eigenvalue weighted by Gasteiger charge is 2.43. The molecule has 0 aromatic heterocycles. The molecule has 0 unspecified atom stereocenters. The third-order valence-electron chi connectivity index (χ3n) is 4.80. The molecule has 0 saturated carbocycles. The van der Waals surface area contributed by atoms with Crippen LogP contribution in [0.1, 0.15) is 33.8 Å². The summed E-state index contributed by atoms with van der Waals surface area (Å²) in [6, 6.07) is 15.9. The van der Waals surface area contributed by atoms with E-state index in [2.05, 4.69) is 0 Å². The van der Waals surface area contributed by atoms with Crippen LogP contribution >= 0.6 is 23.5 Å². The molecule has 1 heterocycles. The summed E-state index contributed by atoms with van der Waals surface area (Å²) in [5.41, 5.74) is 2.61. The molecule has 1 aliphatic heterocycles. The molecule has 1 N–H and O–H groups in total. The number of hydrogen-bond acceptors (Lipinski definition) is 5. The minimum absolute atomic E-state index is 0.0917. The first-order chi connectivity index (χ1) is 13.9. The van der Waals surface area contributed by atoms with Crippen LogP contribution in [-0.2, 0) is 9.59 Å². The van der Waals surface area contributed by atoms with Gasteiger partial charge in [0.25, 0.3) is 0 Å². The van der Waals surface area contributed by atoms with Crippen molar-refractivity contribution < 1.29 is 19.5 Å². The van der Waals surface area contributed by atoms with E-state index in [0.717, 1.165) is 22.9 Å². The molecule has 3 atom stereocenters. The normalized spacial score (nSPS) is 19.7. The predicted octanol–water partition coefficient (Wildman–Crippen LogP) is 4.23. The molecule has 1 saturated heterocycles. The summed E-state index contributed by atoms with van der Waals surface area (Å²) in [5.74, 6) is -1.05. The summed E-state index contributed by atoms with van der Waals surface area (Å²) in [4.78, 5) is 38.7. The number of carbonyl (C=O) groups excluding carboxylic acids is 2. The van der Waals surface area contributed by atoms with Crippen LogP contribution in [0.15, 0.2) is 54.6 Å². The molecule has 1 amide bonds. The molecule has 0 spiro atoms. The van der Waals surface area contributed by atoms with E-state index in [9.17, 15) is 19.5 Å². The molecule has 152 valence electrons. The molecule has 2 aromatic rings. The first-order valence-electron chi connectivity index (χ1n) is 9.34. The number of nitrogens with zero attached hydrogens (tertiary/aromatic N) is 1. The summed E-state index contributed by atoms with van der Waals surface area (Å²) < 4.78 is 0. The lowest BCUT2D eigenvalue weighted by Crippen LogP contribution is -2.45. The van der Waals surface area contributed by atoms with Crippen LogP contribution in [0, 0.1) is 12.8 Å². The van der Waals surface area contributed by atoms with Crippen molar-refractivity contribution in [2.24, 2.45) is 5.92 Å². The summed E-state index contributed by atoms with van der Waals surface area (Å²) >= 11 is 2.56. The van der Waals surface area contributed by atoms with Crippen molar-refractivity contribution in [1.82, 2.24) is 4.90 Å². The standard InChI is InChI=1S/C22H23NO4S2/c1-14-8-10-16(11-9-14)20-23(18(13-28-20)21(25)26)19(24)15(2)12-29-22(27)17-6-4-3-5-7-17/h3-11,15,18,20H,12-13H2,1-2H3,(H,25,26)/t15-,18+,20-/m1/s1. The van der Waals surface area contributed by atoms with E-state index in [-0.39, 0.29) is 16.4 Å². The molecule has 2 aromatic carbocycles. The van der Waals surface area contributed by atoms with Crippen LogP contribution < -0.4 is 0 Å². The van der Waals surface area contributed by atoms with Gasteiger partial charge in [-0.05, 0) is 12.5 Å². The molecule has 29 heavy (non-hydrogen) atoms. The van der Waals surface area contributed by atoms with E-state index in [4.69, 9.17) is 0 Å². The van der Waals surface area contributed by atoms with Crippen molar-refractivity contribution in [3.8, 4) is 0 Å². The summed E-state index contributed by atoms with van der Waals surface area (Å²) in [6.07, 6.45) is 0. The summed E-state index contributed by atoms with van der Waals surface area (Å²) in [7, 11) is 0. The number of aryl methyl sites for hydroxylation is 1. The summed E-state index contributed by atoms with van der Waals surface area (Å²) in [6.45, 7) is 3.74. The van der Waals surface area contributed by atoms with E-state index in [1.807, 2.05) is 37.3 Å². The Morgan fingerprint density at radius 1 is 1.14 bits per heavy atom. The third-order valence-corrected chi connectivity index (χ3v) is 7.29. The van der Waals surface area contributed by atoms with E-state index in [1.165, 1.54) is 16.7 Å². The Bertz CT molecular complexity index is 885. The second-order valence-electron chi connectivity index (χ2n) is 7.06. The fourth-order valence-electron chi connectivity index (χ4n) is 3.14. The lowest BCUT2D eigenvalue weighted by atomic mass is 10.1.